The topological polar surface area (TPSA) is 58.5 Å². The van der Waals surface area contributed by atoms with Gasteiger partial charge in [0.05, 0.1) is 23.5 Å². The molecule has 4 aromatic carbocycles. The van der Waals surface area contributed by atoms with Crippen LogP contribution in [0.5, 0.6) is 0 Å². The quantitative estimate of drug-likeness (QED) is 0.0779. The fraction of sp³-hybridized carbons (Fsp3) is 0.540. The van der Waals surface area contributed by atoms with Crippen molar-refractivity contribution in [3.63, 3.8) is 0 Å². The van der Waals surface area contributed by atoms with Gasteiger partial charge in [-0.25, -0.2) is 0 Å². The van der Waals surface area contributed by atoms with Crippen LogP contribution in [-0.4, -0.2) is 59.7 Å². The average Bonchev–Trinajstić information content (AvgIpc) is 3.92. The van der Waals surface area contributed by atoms with Crippen LogP contribution in [0.3, 0.4) is 0 Å². The lowest BCUT2D eigenvalue weighted by Gasteiger charge is -2.53. The van der Waals surface area contributed by atoms with E-state index < -0.39 is 22.2 Å². The Morgan fingerprint density at radius 1 is 0.732 bits per heavy atom. The molecule has 382 valence electrons. The van der Waals surface area contributed by atoms with E-state index in [0.717, 1.165) is 25.0 Å². The predicted molar refractivity (Wildman–Crippen MR) is 300 cm³/mol. The Balaban J connectivity index is 1.24. The molecule has 7 atom stereocenters. The van der Waals surface area contributed by atoms with Gasteiger partial charge in [-0.1, -0.05) is 212 Å². The molecule has 2 unspecified atom stereocenters. The minimum atomic E-state index is -3.09. The second kappa shape index (κ2) is 21.5. The standard InChI is InChI=1S/C63H87NO5Si2/c1-47(27-25-41-61(9,10)66-46-65-12)56-39-40-57-49(28-26-42-62(56,57)11)37-38-50-43-51(67-70(59(3,4)5,52-29-17-13-18-30-52)53-31-19-14-20-32-53)44-58(63(50)45-48(2)64-69-63)68-71(60(6,7)8,54-33-21-15-22-34-54)55-35-23-16-24-36-55/h13-24,29-38,47,51,56-58H,25-28,39-46H2,1-12H3/b49-37+,50-38+/t47-,51-,56?,57+,58+,62-,63?/m1/s1. The molecule has 0 bridgehead atoms. The van der Waals surface area contributed by atoms with Crippen LogP contribution in [0.4, 0.5) is 0 Å². The third-order valence-corrected chi connectivity index (χ3v) is 27.7. The van der Waals surface area contributed by atoms with E-state index in [9.17, 15) is 0 Å². The van der Waals surface area contributed by atoms with Crippen LogP contribution in [0, 0.1) is 23.2 Å². The lowest BCUT2D eigenvalue weighted by Crippen LogP contribution is -2.71. The van der Waals surface area contributed by atoms with Gasteiger partial charge in [0.25, 0.3) is 16.6 Å². The van der Waals surface area contributed by atoms with Crippen LogP contribution in [0.1, 0.15) is 147 Å². The van der Waals surface area contributed by atoms with E-state index in [0.29, 0.717) is 37.4 Å². The van der Waals surface area contributed by atoms with Crippen LogP contribution in [0.25, 0.3) is 0 Å². The molecule has 1 heterocycles. The second-order valence-corrected chi connectivity index (χ2v) is 33.3. The fourth-order valence-electron chi connectivity index (χ4n) is 14.1. The Labute approximate surface area is 431 Å². The Hall–Kier alpha value is -3.90. The van der Waals surface area contributed by atoms with E-state index in [2.05, 4.69) is 210 Å². The lowest BCUT2D eigenvalue weighted by atomic mass is 9.60. The Kier molecular flexibility index (Phi) is 16.2. The van der Waals surface area contributed by atoms with E-state index in [1.165, 1.54) is 64.8 Å². The zero-order valence-corrected chi connectivity index (χ0v) is 47.6. The van der Waals surface area contributed by atoms with Crippen molar-refractivity contribution in [3.05, 3.63) is 145 Å². The first-order chi connectivity index (χ1) is 33.8. The summed E-state index contributed by atoms with van der Waals surface area (Å²) in [4.78, 5) is 7.07. The lowest BCUT2D eigenvalue weighted by molar-refractivity contribution is -0.118. The van der Waals surface area contributed by atoms with Gasteiger partial charge in [0.2, 0.25) is 0 Å². The van der Waals surface area contributed by atoms with E-state index in [4.69, 9.17) is 28.3 Å². The van der Waals surface area contributed by atoms with Crippen LogP contribution in [0.2, 0.25) is 10.1 Å². The highest BCUT2D eigenvalue weighted by Gasteiger charge is 2.61. The number of benzene rings is 4. The Morgan fingerprint density at radius 3 is 1.73 bits per heavy atom. The average molecular weight is 995 g/mol. The molecule has 4 aliphatic rings. The number of oxime groups is 1. The van der Waals surface area contributed by atoms with Crippen LogP contribution in [-0.2, 0) is 23.2 Å². The van der Waals surface area contributed by atoms with Gasteiger partial charge < -0.3 is 23.2 Å². The van der Waals surface area contributed by atoms with Crippen molar-refractivity contribution in [2.75, 3.05) is 13.9 Å². The van der Waals surface area contributed by atoms with Gasteiger partial charge >= 0.3 is 0 Å². The molecule has 3 saturated carbocycles. The van der Waals surface area contributed by atoms with Crippen molar-refractivity contribution in [1.29, 1.82) is 0 Å². The number of ether oxygens (including phenoxy) is 2. The van der Waals surface area contributed by atoms with Crippen LogP contribution >= 0.6 is 0 Å². The summed E-state index contributed by atoms with van der Waals surface area (Å²) < 4.78 is 27.9. The molecule has 71 heavy (non-hydrogen) atoms. The van der Waals surface area contributed by atoms with Crippen molar-refractivity contribution in [1.82, 2.24) is 0 Å². The molecule has 4 aromatic rings. The van der Waals surface area contributed by atoms with Crippen LogP contribution in [0.15, 0.2) is 150 Å². The number of allylic oxidation sites excluding steroid dienone is 3. The monoisotopic (exact) mass is 994 g/mol. The Bertz CT molecular complexity index is 2380. The van der Waals surface area contributed by atoms with E-state index in [1.807, 2.05) is 0 Å². The van der Waals surface area contributed by atoms with Gasteiger partial charge in [-0.05, 0) is 125 Å². The molecule has 0 aromatic heterocycles. The first-order valence-electron chi connectivity index (χ1n) is 27.1. The number of hydrogen-bond acceptors (Lipinski definition) is 6. The highest BCUT2D eigenvalue weighted by molar-refractivity contribution is 7.00. The molecule has 8 heteroatoms. The summed E-state index contributed by atoms with van der Waals surface area (Å²) in [6, 6.07) is 44.5. The zero-order chi connectivity index (χ0) is 50.7. The van der Waals surface area contributed by atoms with E-state index >= 15 is 0 Å². The molecule has 1 aliphatic heterocycles. The van der Waals surface area contributed by atoms with Crippen molar-refractivity contribution in [3.8, 4) is 0 Å². The van der Waals surface area contributed by atoms with Gasteiger partial charge in [-0.3, -0.25) is 0 Å². The summed E-state index contributed by atoms with van der Waals surface area (Å²) in [7, 11) is -4.37. The highest BCUT2D eigenvalue weighted by Crippen LogP contribution is 2.60. The molecule has 0 saturated heterocycles. The second-order valence-electron chi connectivity index (χ2n) is 24.8. The molecule has 1 spiro atoms. The van der Waals surface area contributed by atoms with Crippen molar-refractivity contribution >= 4 is 43.1 Å². The molecule has 6 nitrogen and oxygen atoms in total. The minimum absolute atomic E-state index is 0.150. The first kappa shape index (κ1) is 53.4. The maximum atomic E-state index is 8.36. The molecule has 3 aliphatic carbocycles. The van der Waals surface area contributed by atoms with Crippen molar-refractivity contribution in [2.24, 2.45) is 28.3 Å². The maximum absolute atomic E-state index is 8.36. The number of hydrogen-bond donors (Lipinski definition) is 0. The third kappa shape index (κ3) is 10.6. The van der Waals surface area contributed by atoms with Gasteiger partial charge in [0, 0.05) is 20.0 Å². The molecule has 0 radical (unpaired) electrons. The van der Waals surface area contributed by atoms with E-state index in [-0.39, 0.29) is 33.3 Å². The number of methoxy groups -OCH3 is 1. The van der Waals surface area contributed by atoms with Gasteiger partial charge in [-0.15, -0.1) is 0 Å². The molecular formula is C63H87NO5Si2. The molecule has 8 rings (SSSR count). The summed E-state index contributed by atoms with van der Waals surface area (Å²) in [5.41, 5.74) is 3.18. The number of rotatable bonds is 17. The normalized spacial score (nSPS) is 26.9. The zero-order valence-electron chi connectivity index (χ0n) is 45.6. The van der Waals surface area contributed by atoms with Crippen LogP contribution < -0.4 is 20.7 Å². The molecule has 0 amide bonds. The van der Waals surface area contributed by atoms with Gasteiger partial charge in [0.1, 0.15) is 6.79 Å². The van der Waals surface area contributed by atoms with E-state index in [1.54, 1.807) is 12.7 Å². The Morgan fingerprint density at radius 2 is 1.25 bits per heavy atom. The summed E-state index contributed by atoms with van der Waals surface area (Å²) in [5, 5.41) is 9.56. The van der Waals surface area contributed by atoms with Crippen molar-refractivity contribution in [2.45, 2.75) is 180 Å². The smallest absolute Gasteiger partial charge is 0.261 e. The molecular weight excluding hydrogens is 907 g/mol. The third-order valence-electron chi connectivity index (χ3n) is 17.6. The summed E-state index contributed by atoms with van der Waals surface area (Å²) in [6.07, 6.45) is 16.3. The molecule has 0 N–H and O–H groups in total. The van der Waals surface area contributed by atoms with Gasteiger partial charge in [-0.2, -0.15) is 0 Å². The summed E-state index contributed by atoms with van der Waals surface area (Å²) in [6.45, 7) is 26.4. The minimum Gasteiger partial charge on any atom is -0.404 e. The van der Waals surface area contributed by atoms with Crippen molar-refractivity contribution < 1.29 is 23.2 Å². The maximum Gasteiger partial charge on any atom is 0.261 e. The number of nitrogens with zero attached hydrogens (tertiary/aromatic N) is 1. The van der Waals surface area contributed by atoms with Gasteiger partial charge in [0.15, 0.2) is 5.60 Å². The number of fused-ring (bicyclic) bond motifs is 1. The largest absolute Gasteiger partial charge is 0.404 e. The summed E-state index contributed by atoms with van der Waals surface area (Å²) >= 11 is 0. The summed E-state index contributed by atoms with van der Waals surface area (Å²) in [5.74, 6) is 1.93. The highest BCUT2D eigenvalue weighted by atomic mass is 28.4. The fourth-order valence-corrected chi connectivity index (χ4v) is 23.6. The SMILES string of the molecule is COCOC(C)(C)CCC[C@@H](C)C1CC[C@H]2/C(=C/C=C3\C[C@@H](O[Si](c4ccccc4)(c4ccccc4)C(C)(C)C)C[C@H](O[Si](c4ccccc4)(c4ccccc4)C(C)(C)C)C34CC(C)=NO4)CCC[C@]12C. The predicted octanol–water partition coefficient (Wildman–Crippen LogP) is 13.5. The first-order valence-corrected chi connectivity index (χ1v) is 30.9. The molecule has 3 fully saturated rings.